The van der Waals surface area contributed by atoms with E-state index in [1.54, 1.807) is 12.1 Å². The molecule has 0 amide bonds. The van der Waals surface area contributed by atoms with Gasteiger partial charge >= 0.3 is 0 Å². The molecule has 0 spiro atoms. The summed E-state index contributed by atoms with van der Waals surface area (Å²) in [6.07, 6.45) is 0.753. The normalized spacial score (nSPS) is 16.9. The van der Waals surface area contributed by atoms with Gasteiger partial charge in [0, 0.05) is 10.9 Å². The molecule has 1 aliphatic heterocycles. The van der Waals surface area contributed by atoms with E-state index in [0.29, 0.717) is 0 Å². The molecule has 1 atom stereocenters. The third kappa shape index (κ3) is 3.87. The Bertz CT molecular complexity index is 1110. The number of hydrazone groups is 1. The maximum absolute atomic E-state index is 11.5. The van der Waals surface area contributed by atoms with Gasteiger partial charge in [0.2, 0.25) is 10.0 Å². The van der Waals surface area contributed by atoms with Crippen LogP contribution in [0.4, 0.5) is 5.69 Å². The van der Waals surface area contributed by atoms with Crippen LogP contribution in [0.3, 0.4) is 0 Å². The Labute approximate surface area is 172 Å². The van der Waals surface area contributed by atoms with Crippen LogP contribution in [0.5, 0.6) is 0 Å². The van der Waals surface area contributed by atoms with E-state index in [0.717, 1.165) is 33.4 Å². The van der Waals surface area contributed by atoms with E-state index in [2.05, 4.69) is 28.1 Å². The number of rotatable bonds is 4. The van der Waals surface area contributed by atoms with Crippen molar-refractivity contribution in [1.82, 2.24) is 0 Å². The zero-order chi connectivity index (χ0) is 19.7. The van der Waals surface area contributed by atoms with Gasteiger partial charge < -0.3 is 0 Å². The molecular formula is C21H18BrN3O2S. The number of hydrogen-bond acceptors (Lipinski definition) is 4. The summed E-state index contributed by atoms with van der Waals surface area (Å²) in [5.74, 6) is 0. The first-order valence-electron chi connectivity index (χ1n) is 8.72. The molecule has 0 bridgehead atoms. The van der Waals surface area contributed by atoms with Crippen molar-refractivity contribution in [3.05, 3.63) is 94.5 Å². The Kier molecular flexibility index (Phi) is 5.05. The molecule has 5 nitrogen and oxygen atoms in total. The van der Waals surface area contributed by atoms with Crippen LogP contribution in [0.1, 0.15) is 23.6 Å². The van der Waals surface area contributed by atoms with E-state index in [9.17, 15) is 8.42 Å². The number of benzene rings is 3. The van der Waals surface area contributed by atoms with Crippen LogP contribution < -0.4 is 10.1 Å². The van der Waals surface area contributed by atoms with Crippen LogP contribution in [-0.4, -0.2) is 14.1 Å². The highest BCUT2D eigenvalue weighted by Crippen LogP contribution is 2.37. The van der Waals surface area contributed by atoms with Crippen molar-refractivity contribution in [2.24, 2.45) is 10.2 Å². The summed E-state index contributed by atoms with van der Waals surface area (Å²) < 4.78 is 24.1. The molecule has 0 fully saturated rings. The van der Waals surface area contributed by atoms with Gasteiger partial charge in [-0.05, 0) is 47.5 Å². The van der Waals surface area contributed by atoms with Gasteiger partial charge in [-0.1, -0.05) is 58.4 Å². The highest BCUT2D eigenvalue weighted by atomic mass is 79.9. The number of sulfonamides is 1. The molecule has 0 aliphatic carbocycles. The summed E-state index contributed by atoms with van der Waals surface area (Å²) in [6, 6.07) is 24.8. The number of nitrogens with zero attached hydrogens (tertiary/aromatic N) is 2. The molecular weight excluding hydrogens is 438 g/mol. The molecule has 0 saturated carbocycles. The maximum Gasteiger partial charge on any atom is 0.238 e. The molecule has 3 aromatic carbocycles. The van der Waals surface area contributed by atoms with Gasteiger partial charge in [-0.15, -0.1) is 0 Å². The molecule has 28 heavy (non-hydrogen) atoms. The summed E-state index contributed by atoms with van der Waals surface area (Å²) in [6.45, 7) is 0. The Morgan fingerprint density at radius 2 is 1.57 bits per heavy atom. The number of primary sulfonamides is 1. The number of anilines is 1. The fourth-order valence-electron chi connectivity index (χ4n) is 3.29. The van der Waals surface area contributed by atoms with Crippen molar-refractivity contribution >= 4 is 37.4 Å². The SMILES string of the molecule is NS(=O)(=O)c1ccc(N2N=C(c3ccc(Br)cc3)CC2c2ccccc2)cc1. The molecule has 1 heterocycles. The first kappa shape index (κ1) is 18.9. The Morgan fingerprint density at radius 3 is 2.18 bits per heavy atom. The first-order valence-corrected chi connectivity index (χ1v) is 11.1. The Hall–Kier alpha value is -2.48. The molecule has 142 valence electrons. The van der Waals surface area contributed by atoms with E-state index in [1.165, 1.54) is 12.1 Å². The van der Waals surface area contributed by atoms with E-state index >= 15 is 0 Å². The predicted molar refractivity (Wildman–Crippen MR) is 115 cm³/mol. The van der Waals surface area contributed by atoms with E-state index in [1.807, 2.05) is 47.5 Å². The van der Waals surface area contributed by atoms with E-state index < -0.39 is 10.0 Å². The average Bonchev–Trinajstić information content (AvgIpc) is 3.14. The number of hydrogen-bond donors (Lipinski definition) is 1. The second kappa shape index (κ2) is 7.50. The summed E-state index contributed by atoms with van der Waals surface area (Å²) in [4.78, 5) is 0.0869. The standard InChI is InChI=1S/C21H18BrN3O2S/c22-17-8-6-15(7-9-17)20-14-21(16-4-2-1-3-5-16)25(24-20)18-10-12-19(13-11-18)28(23,26)27/h1-13,21H,14H2,(H2,23,26,27). The van der Waals surface area contributed by atoms with Gasteiger partial charge in [-0.2, -0.15) is 5.10 Å². The minimum Gasteiger partial charge on any atom is -0.257 e. The van der Waals surface area contributed by atoms with Crippen LogP contribution in [0.2, 0.25) is 0 Å². The van der Waals surface area contributed by atoms with E-state index in [-0.39, 0.29) is 10.9 Å². The van der Waals surface area contributed by atoms with Crippen LogP contribution in [0, 0.1) is 0 Å². The Morgan fingerprint density at radius 1 is 0.929 bits per heavy atom. The lowest BCUT2D eigenvalue weighted by molar-refractivity contribution is 0.597. The topological polar surface area (TPSA) is 75.8 Å². The zero-order valence-electron chi connectivity index (χ0n) is 14.9. The van der Waals surface area contributed by atoms with Crippen molar-refractivity contribution in [2.75, 3.05) is 5.01 Å². The van der Waals surface area contributed by atoms with Gasteiger partial charge in [0.1, 0.15) is 0 Å². The van der Waals surface area contributed by atoms with Crippen molar-refractivity contribution in [3.63, 3.8) is 0 Å². The van der Waals surface area contributed by atoms with Gasteiger partial charge in [0.05, 0.1) is 22.3 Å². The fourth-order valence-corrected chi connectivity index (χ4v) is 4.07. The monoisotopic (exact) mass is 455 g/mol. The van der Waals surface area contributed by atoms with Crippen LogP contribution in [0.15, 0.2) is 93.3 Å². The number of halogens is 1. The first-order chi connectivity index (χ1) is 13.4. The van der Waals surface area contributed by atoms with Gasteiger partial charge in [-0.25, -0.2) is 13.6 Å². The van der Waals surface area contributed by atoms with Gasteiger partial charge in [0.15, 0.2) is 0 Å². The van der Waals surface area contributed by atoms with Crippen LogP contribution in [-0.2, 0) is 10.0 Å². The summed E-state index contributed by atoms with van der Waals surface area (Å²) in [5, 5.41) is 12.0. The number of nitrogens with two attached hydrogens (primary N) is 1. The lowest BCUT2D eigenvalue weighted by Crippen LogP contribution is -2.19. The van der Waals surface area contributed by atoms with Crippen molar-refractivity contribution in [3.8, 4) is 0 Å². The quantitative estimate of drug-likeness (QED) is 0.630. The largest absolute Gasteiger partial charge is 0.257 e. The average molecular weight is 456 g/mol. The second-order valence-electron chi connectivity index (χ2n) is 6.57. The van der Waals surface area contributed by atoms with Gasteiger partial charge in [-0.3, -0.25) is 5.01 Å². The molecule has 1 aliphatic rings. The van der Waals surface area contributed by atoms with Crippen molar-refractivity contribution in [1.29, 1.82) is 0 Å². The van der Waals surface area contributed by atoms with Crippen molar-refractivity contribution in [2.45, 2.75) is 17.4 Å². The van der Waals surface area contributed by atoms with E-state index in [4.69, 9.17) is 10.2 Å². The summed E-state index contributed by atoms with van der Waals surface area (Å²) >= 11 is 3.46. The lowest BCUT2D eigenvalue weighted by Gasteiger charge is -2.24. The van der Waals surface area contributed by atoms with Crippen molar-refractivity contribution < 1.29 is 8.42 Å². The highest BCUT2D eigenvalue weighted by molar-refractivity contribution is 9.10. The summed E-state index contributed by atoms with van der Waals surface area (Å²) in [5.41, 5.74) is 4.01. The third-order valence-corrected chi connectivity index (χ3v) is 6.16. The summed E-state index contributed by atoms with van der Waals surface area (Å²) in [7, 11) is -3.73. The molecule has 7 heteroatoms. The minimum atomic E-state index is -3.73. The van der Waals surface area contributed by atoms with Gasteiger partial charge in [0.25, 0.3) is 0 Å². The predicted octanol–water partition coefficient (Wildman–Crippen LogP) is 4.45. The lowest BCUT2D eigenvalue weighted by atomic mass is 9.98. The smallest absolute Gasteiger partial charge is 0.238 e. The molecule has 1 unspecified atom stereocenters. The highest BCUT2D eigenvalue weighted by Gasteiger charge is 2.30. The minimum absolute atomic E-state index is 0.0279. The second-order valence-corrected chi connectivity index (χ2v) is 9.04. The van der Waals surface area contributed by atoms with Crippen LogP contribution in [0.25, 0.3) is 0 Å². The third-order valence-electron chi connectivity index (χ3n) is 4.70. The maximum atomic E-state index is 11.5. The fraction of sp³-hybridized carbons (Fsp3) is 0.0952. The Balaban J connectivity index is 1.74. The molecule has 4 rings (SSSR count). The molecule has 3 aromatic rings. The molecule has 2 N–H and O–H groups in total. The molecule has 0 saturated heterocycles. The molecule has 0 aromatic heterocycles. The molecule has 0 radical (unpaired) electrons. The van der Waals surface area contributed by atoms with Crippen LogP contribution >= 0.6 is 15.9 Å². The zero-order valence-corrected chi connectivity index (χ0v) is 17.3.